The van der Waals surface area contributed by atoms with E-state index in [1.807, 2.05) is 0 Å². The third-order valence-corrected chi connectivity index (χ3v) is 0. The van der Waals surface area contributed by atoms with Crippen molar-refractivity contribution in [1.29, 1.82) is 0 Å². The van der Waals surface area contributed by atoms with Gasteiger partial charge in [0.05, 0.1) is 0 Å². The fraction of sp³-hybridized carbons (Fsp3) is 0. The number of hydrogen-bond acceptors (Lipinski definition) is 1. The van der Waals surface area contributed by atoms with Gasteiger partial charge in [0.1, 0.15) is 0 Å². The summed E-state index contributed by atoms with van der Waals surface area (Å²) in [5.41, 5.74) is 0. The van der Waals surface area contributed by atoms with E-state index in [-0.39, 0.29) is 21.7 Å². The predicted octanol–water partition coefficient (Wildman–Crippen LogP) is 0.183. The van der Waals surface area contributed by atoms with E-state index in [0.29, 0.717) is 0 Å². The van der Waals surface area contributed by atoms with Crippen LogP contribution in [0, 0.1) is 0 Å². The fourth-order valence-corrected chi connectivity index (χ4v) is 0. The van der Waals surface area contributed by atoms with Crippen molar-refractivity contribution in [2.45, 2.75) is 0 Å². The molecule has 0 aliphatic rings. The van der Waals surface area contributed by atoms with Gasteiger partial charge in [-0.25, -0.2) is 4.57 Å². The van der Waals surface area contributed by atoms with Gasteiger partial charge < -0.3 is 4.89 Å². The predicted molar refractivity (Wildman–Crippen MR) is 9.83 cm³/mol. The van der Waals surface area contributed by atoms with Crippen molar-refractivity contribution >= 4 is 8.69 Å². The average Bonchev–Trinajstić information content (AvgIpc) is 0.918. The van der Waals surface area contributed by atoms with E-state index in [1.54, 1.807) is 0 Å². The third-order valence-electron chi connectivity index (χ3n) is 0. The van der Waals surface area contributed by atoms with Gasteiger partial charge >= 0.3 is 8.69 Å². The SMILES string of the molecule is O=PO.[Ti]. The van der Waals surface area contributed by atoms with Crippen molar-refractivity contribution in [3.05, 3.63) is 0 Å². The van der Waals surface area contributed by atoms with Gasteiger partial charge in [0.25, 0.3) is 0 Å². The van der Waals surface area contributed by atoms with Crippen LogP contribution >= 0.6 is 8.69 Å². The van der Waals surface area contributed by atoms with E-state index in [0.717, 1.165) is 0 Å². The molecule has 0 saturated carbocycles. The Morgan fingerprint density at radius 2 is 1.75 bits per heavy atom. The van der Waals surface area contributed by atoms with E-state index < -0.39 is 8.69 Å². The minimum Gasteiger partial charge on any atom is -0.310 e. The van der Waals surface area contributed by atoms with Gasteiger partial charge in [0.2, 0.25) is 0 Å². The normalized spacial score (nSPS) is 5.25. The van der Waals surface area contributed by atoms with E-state index in [4.69, 9.17) is 9.46 Å². The van der Waals surface area contributed by atoms with Crippen molar-refractivity contribution in [2.24, 2.45) is 0 Å². The summed E-state index contributed by atoms with van der Waals surface area (Å²) in [5.74, 6) is 0. The summed E-state index contributed by atoms with van der Waals surface area (Å²) < 4.78 is 8.46. The summed E-state index contributed by atoms with van der Waals surface area (Å²) in [6, 6.07) is 0. The van der Waals surface area contributed by atoms with Crippen molar-refractivity contribution in [3.8, 4) is 0 Å². The molecule has 2 nitrogen and oxygen atoms in total. The minimum absolute atomic E-state index is 0. The Balaban J connectivity index is 0. The summed E-state index contributed by atoms with van der Waals surface area (Å²) >= 11 is 0. The van der Waals surface area contributed by atoms with Crippen LogP contribution < -0.4 is 0 Å². The molecule has 0 spiro atoms. The zero-order valence-electron chi connectivity index (χ0n) is 1.80. The van der Waals surface area contributed by atoms with Crippen LogP contribution in [0.1, 0.15) is 0 Å². The molecule has 0 aromatic carbocycles. The Morgan fingerprint density at radius 3 is 1.75 bits per heavy atom. The third kappa shape index (κ3) is 14.6. The summed E-state index contributed by atoms with van der Waals surface area (Å²) in [6.45, 7) is 0. The van der Waals surface area contributed by atoms with Gasteiger partial charge in [-0.1, -0.05) is 0 Å². The standard InChI is InChI=1S/HO2P.Ti/c1-3-2;/h(H,1,2);. The molecule has 1 N–H and O–H groups in total. The molecular formula is HO2PTi. The van der Waals surface area contributed by atoms with Crippen LogP contribution in [0.2, 0.25) is 0 Å². The molecule has 0 aromatic heterocycles. The Kier molecular flexibility index (Phi) is 20.4. The topological polar surface area (TPSA) is 37.3 Å². The molecule has 0 atom stereocenters. The van der Waals surface area contributed by atoms with E-state index in [9.17, 15) is 0 Å². The Hall–Kier alpha value is 0.774. The molecule has 0 bridgehead atoms. The van der Waals surface area contributed by atoms with Crippen LogP contribution in [-0.4, -0.2) is 4.89 Å². The van der Waals surface area contributed by atoms with Crippen LogP contribution in [0.3, 0.4) is 0 Å². The van der Waals surface area contributed by atoms with E-state index in [1.165, 1.54) is 0 Å². The van der Waals surface area contributed by atoms with Gasteiger partial charge in [0.15, 0.2) is 0 Å². The first-order valence-corrected chi connectivity index (χ1v) is 1.15. The Labute approximate surface area is 40.4 Å². The molecule has 0 unspecified atom stereocenters. The molecule has 0 heterocycles. The van der Waals surface area contributed by atoms with Crippen LogP contribution in [0.15, 0.2) is 0 Å². The van der Waals surface area contributed by atoms with E-state index >= 15 is 0 Å². The molecule has 0 rings (SSSR count). The zero-order chi connectivity index (χ0) is 2.71. The van der Waals surface area contributed by atoms with Crippen molar-refractivity contribution in [2.75, 3.05) is 0 Å². The number of hydrogen-bond donors (Lipinski definition) is 1. The van der Waals surface area contributed by atoms with Crippen molar-refractivity contribution in [1.82, 2.24) is 0 Å². The minimum atomic E-state index is -0.833. The molecule has 0 aromatic rings. The molecule has 0 amide bonds. The Morgan fingerprint density at radius 1 is 1.75 bits per heavy atom. The summed E-state index contributed by atoms with van der Waals surface area (Å²) in [5, 5.41) is 0. The molecule has 0 aliphatic heterocycles. The summed E-state index contributed by atoms with van der Waals surface area (Å²) in [7, 11) is -0.833. The Bertz CT molecular complexity index is 13.5. The molecule has 0 radical (unpaired) electrons. The first-order chi connectivity index (χ1) is 1.41. The fourth-order valence-electron chi connectivity index (χ4n) is 0. The quantitative estimate of drug-likeness (QED) is 0.358. The molecule has 4 heteroatoms. The second-order valence-corrected chi connectivity index (χ2v) is 0.245. The second-order valence-electron chi connectivity index (χ2n) is 0.0816. The van der Waals surface area contributed by atoms with Crippen LogP contribution in [-0.2, 0) is 26.3 Å². The zero-order valence-corrected chi connectivity index (χ0v) is 4.26. The summed E-state index contributed by atoms with van der Waals surface area (Å²) in [6.07, 6.45) is 0. The average molecular weight is 112 g/mol. The van der Waals surface area contributed by atoms with Crippen LogP contribution in [0.25, 0.3) is 0 Å². The molecule has 0 aliphatic carbocycles. The van der Waals surface area contributed by atoms with Gasteiger partial charge in [0, 0.05) is 21.7 Å². The van der Waals surface area contributed by atoms with Gasteiger partial charge in [-0.05, 0) is 0 Å². The first-order valence-electron chi connectivity index (χ1n) is 0.383. The second kappa shape index (κ2) is 9.23. The molecule has 0 fully saturated rings. The van der Waals surface area contributed by atoms with E-state index in [2.05, 4.69) is 0 Å². The number of rotatable bonds is 0. The van der Waals surface area contributed by atoms with Crippen LogP contribution in [0.4, 0.5) is 0 Å². The summed E-state index contributed by atoms with van der Waals surface area (Å²) in [4.78, 5) is 6.99. The van der Waals surface area contributed by atoms with Crippen molar-refractivity contribution < 1.29 is 31.2 Å². The maximum absolute atomic E-state index is 8.46. The molecular weight excluding hydrogens is 111 g/mol. The smallest absolute Gasteiger partial charge is 0.310 e. The first kappa shape index (κ1) is 8.84. The molecule has 0 saturated heterocycles. The monoisotopic (exact) mass is 112 g/mol. The van der Waals surface area contributed by atoms with Crippen LogP contribution in [0.5, 0.6) is 0 Å². The van der Waals surface area contributed by atoms with Crippen molar-refractivity contribution in [3.63, 3.8) is 0 Å². The van der Waals surface area contributed by atoms with Gasteiger partial charge in [-0.15, -0.1) is 0 Å². The molecule has 4 heavy (non-hydrogen) atoms. The maximum atomic E-state index is 8.46. The van der Waals surface area contributed by atoms with Gasteiger partial charge in [-0.3, -0.25) is 0 Å². The molecule has 22 valence electrons. The maximum Gasteiger partial charge on any atom is 0.324 e. The van der Waals surface area contributed by atoms with Gasteiger partial charge in [-0.2, -0.15) is 0 Å². The largest absolute Gasteiger partial charge is 0.324 e.